The van der Waals surface area contributed by atoms with E-state index < -0.39 is 17.5 Å². The zero-order chi connectivity index (χ0) is 31.8. The molecule has 2 atom stereocenters. The maximum absolute atomic E-state index is 13.1. The molecule has 0 fully saturated rings. The minimum absolute atomic E-state index is 0.0380. The minimum Gasteiger partial charge on any atom is -0.481 e. The van der Waals surface area contributed by atoms with Gasteiger partial charge in [-0.3, -0.25) is 9.97 Å². The molecule has 2 unspecified atom stereocenters. The fraction of sp³-hybridized carbons (Fsp3) is 0.364. The SMILES string of the molecule is COc1nc2ccc(C(OC)(C3=CN=NCC3C(C)C)c3ccc(C)nc3C)cc2c(Cl)c1Cc1ccc(C(F)(F)F)nc1. The third-order valence-electron chi connectivity index (χ3n) is 8.15. The van der Waals surface area contributed by atoms with Gasteiger partial charge in [-0.15, -0.1) is 0 Å². The molecule has 0 radical (unpaired) electrons. The van der Waals surface area contributed by atoms with Gasteiger partial charge < -0.3 is 9.47 Å². The fourth-order valence-corrected chi connectivity index (χ4v) is 6.22. The van der Waals surface area contributed by atoms with Crippen LogP contribution in [0.25, 0.3) is 10.9 Å². The van der Waals surface area contributed by atoms with Crippen LogP contribution in [-0.2, 0) is 22.9 Å². The number of hydrogen-bond donors (Lipinski definition) is 0. The van der Waals surface area contributed by atoms with Gasteiger partial charge in [-0.05, 0) is 60.7 Å². The van der Waals surface area contributed by atoms with E-state index in [2.05, 4.69) is 29.1 Å². The monoisotopic (exact) mass is 623 g/mol. The third-order valence-corrected chi connectivity index (χ3v) is 8.58. The van der Waals surface area contributed by atoms with Crippen molar-refractivity contribution >= 4 is 22.5 Å². The van der Waals surface area contributed by atoms with Crippen LogP contribution in [0.5, 0.6) is 5.88 Å². The first-order chi connectivity index (χ1) is 20.9. The summed E-state index contributed by atoms with van der Waals surface area (Å²) in [6, 6.07) is 12.1. The number of ether oxygens (including phenoxy) is 2. The zero-order valence-electron chi connectivity index (χ0n) is 25.3. The van der Waals surface area contributed by atoms with Crippen LogP contribution in [0.2, 0.25) is 5.02 Å². The van der Waals surface area contributed by atoms with Gasteiger partial charge in [0.25, 0.3) is 0 Å². The molecule has 0 saturated carbocycles. The minimum atomic E-state index is -4.53. The second kappa shape index (κ2) is 12.2. The van der Waals surface area contributed by atoms with E-state index in [9.17, 15) is 13.2 Å². The molecular formula is C33H33ClF3N5O2. The Hall–Kier alpha value is -3.89. The molecule has 0 bridgehead atoms. The van der Waals surface area contributed by atoms with Crippen molar-refractivity contribution in [3.8, 4) is 5.88 Å². The number of benzene rings is 1. The van der Waals surface area contributed by atoms with Gasteiger partial charge in [0.15, 0.2) is 0 Å². The van der Waals surface area contributed by atoms with Gasteiger partial charge in [-0.25, -0.2) is 4.98 Å². The number of nitrogens with zero attached hydrogens (tertiary/aromatic N) is 5. The highest BCUT2D eigenvalue weighted by Gasteiger charge is 2.45. The Morgan fingerprint density at radius 3 is 2.41 bits per heavy atom. The first-order valence-corrected chi connectivity index (χ1v) is 14.5. The molecule has 0 saturated heterocycles. The van der Waals surface area contributed by atoms with Gasteiger partial charge in [0.05, 0.1) is 30.4 Å². The summed E-state index contributed by atoms with van der Waals surface area (Å²) in [5, 5.41) is 9.65. The molecule has 5 rings (SSSR count). The highest BCUT2D eigenvalue weighted by molar-refractivity contribution is 6.36. The van der Waals surface area contributed by atoms with Crippen LogP contribution >= 0.6 is 11.6 Å². The van der Waals surface area contributed by atoms with Crippen LogP contribution in [0.1, 0.15) is 53.2 Å². The Labute approximate surface area is 259 Å². The molecule has 0 aliphatic carbocycles. The molecule has 0 spiro atoms. The number of fused-ring (bicyclic) bond motifs is 1. The summed E-state index contributed by atoms with van der Waals surface area (Å²) in [6.45, 7) is 8.72. The van der Waals surface area contributed by atoms with E-state index in [1.54, 1.807) is 13.3 Å². The van der Waals surface area contributed by atoms with Crippen LogP contribution in [0.4, 0.5) is 13.2 Å². The van der Waals surface area contributed by atoms with Crippen LogP contribution in [0.3, 0.4) is 0 Å². The lowest BCUT2D eigenvalue weighted by atomic mass is 9.71. The Morgan fingerprint density at radius 2 is 1.80 bits per heavy atom. The molecule has 230 valence electrons. The van der Waals surface area contributed by atoms with Gasteiger partial charge >= 0.3 is 6.18 Å². The lowest BCUT2D eigenvalue weighted by Crippen LogP contribution is -2.39. The van der Waals surface area contributed by atoms with Crippen molar-refractivity contribution in [2.24, 2.45) is 22.1 Å². The van der Waals surface area contributed by atoms with Crippen molar-refractivity contribution in [1.82, 2.24) is 15.0 Å². The number of azo groups is 1. The van der Waals surface area contributed by atoms with Gasteiger partial charge in [-0.1, -0.05) is 43.6 Å². The number of hydrogen-bond acceptors (Lipinski definition) is 7. The van der Waals surface area contributed by atoms with E-state index >= 15 is 0 Å². The smallest absolute Gasteiger partial charge is 0.433 e. The summed E-state index contributed by atoms with van der Waals surface area (Å²) in [5.74, 6) is 0.561. The topological polar surface area (TPSA) is 81.9 Å². The highest BCUT2D eigenvalue weighted by Crippen LogP contribution is 2.48. The van der Waals surface area contributed by atoms with Crippen LogP contribution < -0.4 is 4.74 Å². The highest BCUT2D eigenvalue weighted by atomic mass is 35.5. The number of aryl methyl sites for hydroxylation is 2. The quantitative estimate of drug-likeness (QED) is 0.197. The zero-order valence-corrected chi connectivity index (χ0v) is 26.1. The van der Waals surface area contributed by atoms with Gasteiger partial charge in [0.1, 0.15) is 11.3 Å². The van der Waals surface area contributed by atoms with Crippen LogP contribution in [-0.4, -0.2) is 35.7 Å². The number of rotatable bonds is 8. The number of methoxy groups -OCH3 is 2. The molecule has 7 nitrogen and oxygen atoms in total. The predicted octanol–water partition coefficient (Wildman–Crippen LogP) is 8.43. The van der Waals surface area contributed by atoms with Crippen molar-refractivity contribution in [3.63, 3.8) is 0 Å². The Bertz CT molecular complexity index is 1760. The van der Waals surface area contributed by atoms with Crippen molar-refractivity contribution in [2.45, 2.75) is 45.9 Å². The largest absolute Gasteiger partial charge is 0.481 e. The number of alkyl halides is 3. The van der Waals surface area contributed by atoms with Crippen molar-refractivity contribution < 1.29 is 22.6 Å². The second-order valence-electron chi connectivity index (χ2n) is 11.2. The Kier molecular flexibility index (Phi) is 8.77. The summed E-state index contributed by atoms with van der Waals surface area (Å²) in [4.78, 5) is 13.1. The normalized spacial score (nSPS) is 16.7. The van der Waals surface area contributed by atoms with Crippen molar-refractivity contribution in [3.05, 3.63) is 105 Å². The molecule has 0 N–H and O–H groups in total. The second-order valence-corrected chi connectivity index (χ2v) is 11.6. The fourth-order valence-electron chi connectivity index (χ4n) is 5.92. The predicted molar refractivity (Wildman–Crippen MR) is 163 cm³/mol. The summed E-state index contributed by atoms with van der Waals surface area (Å²) >= 11 is 7.09. The molecular weight excluding hydrogens is 591 g/mol. The Morgan fingerprint density at radius 1 is 1.02 bits per heavy atom. The summed E-state index contributed by atoms with van der Waals surface area (Å²) in [7, 11) is 3.15. The van der Waals surface area contributed by atoms with E-state index in [4.69, 9.17) is 31.0 Å². The summed E-state index contributed by atoms with van der Waals surface area (Å²) in [6.07, 6.45) is -1.38. The summed E-state index contributed by atoms with van der Waals surface area (Å²) in [5.41, 5.74) is 3.92. The molecule has 11 heteroatoms. The lowest BCUT2D eigenvalue weighted by Gasteiger charge is -2.41. The van der Waals surface area contributed by atoms with Crippen LogP contribution in [0.15, 0.2) is 70.7 Å². The van der Waals surface area contributed by atoms with E-state index in [1.165, 1.54) is 19.4 Å². The van der Waals surface area contributed by atoms with E-state index in [0.717, 1.165) is 34.2 Å². The maximum atomic E-state index is 13.1. The Balaban J connectivity index is 1.72. The van der Waals surface area contributed by atoms with Gasteiger partial charge in [-0.2, -0.15) is 23.4 Å². The standard InChI is InChI=1S/C33H33ClF3N5O2/c1-18(2)25-16-39-40-17-27(25)32(44-6,26-10-7-19(3)41-20(26)4)22-9-11-28-23(14-22)30(34)24(31(42-28)43-5)13-21-8-12-29(38-15-21)33(35,36)37/h7-12,14-15,17-18,25H,13,16H2,1-6H3. The number of aromatic nitrogens is 3. The average Bonchev–Trinajstić information content (AvgIpc) is 3.00. The number of pyridine rings is 3. The van der Waals surface area contributed by atoms with E-state index in [0.29, 0.717) is 33.6 Å². The molecule has 4 aromatic rings. The molecule has 44 heavy (non-hydrogen) atoms. The van der Waals surface area contributed by atoms with Crippen LogP contribution in [0, 0.1) is 25.7 Å². The lowest BCUT2D eigenvalue weighted by molar-refractivity contribution is -0.141. The molecule has 1 aliphatic heterocycles. The third kappa shape index (κ3) is 5.68. The molecule has 4 heterocycles. The molecule has 3 aromatic heterocycles. The van der Waals surface area contributed by atoms with Crippen molar-refractivity contribution in [1.29, 1.82) is 0 Å². The average molecular weight is 624 g/mol. The van der Waals surface area contributed by atoms with Gasteiger partial charge in [0.2, 0.25) is 5.88 Å². The van der Waals surface area contributed by atoms with Gasteiger partial charge in [0, 0.05) is 53.5 Å². The molecule has 1 aliphatic rings. The molecule has 0 amide bonds. The van der Waals surface area contributed by atoms with E-state index in [1.807, 2.05) is 44.2 Å². The first-order valence-electron chi connectivity index (χ1n) is 14.2. The number of halogens is 4. The van der Waals surface area contributed by atoms with E-state index in [-0.39, 0.29) is 24.1 Å². The van der Waals surface area contributed by atoms with Crippen molar-refractivity contribution in [2.75, 3.05) is 20.8 Å². The summed E-state index contributed by atoms with van der Waals surface area (Å²) < 4.78 is 51.4. The first kappa shape index (κ1) is 31.5. The maximum Gasteiger partial charge on any atom is 0.433 e. The molecule has 1 aromatic carbocycles.